The minimum Gasteiger partial charge on any atom is -0.378 e. The first-order valence-electron chi connectivity index (χ1n) is 14.7. The molecule has 2 saturated carbocycles. The third-order valence-corrected chi connectivity index (χ3v) is 9.14. The molecule has 40 heavy (non-hydrogen) atoms. The summed E-state index contributed by atoms with van der Waals surface area (Å²) in [6, 6.07) is 18.4. The van der Waals surface area contributed by atoms with Gasteiger partial charge in [0.2, 0.25) is 11.8 Å². The third-order valence-electron chi connectivity index (χ3n) is 8.76. The number of amides is 2. The number of thiocarbonyl (C=S) groups is 1. The van der Waals surface area contributed by atoms with Crippen LogP contribution < -0.4 is 15.5 Å². The number of carbonyl (C=O) groups excluding carboxylic acids is 2. The van der Waals surface area contributed by atoms with Gasteiger partial charge in [0.05, 0.1) is 25.8 Å². The second kappa shape index (κ2) is 11.7. The molecule has 0 bridgehead atoms. The van der Waals surface area contributed by atoms with Crippen molar-refractivity contribution in [3.63, 3.8) is 0 Å². The summed E-state index contributed by atoms with van der Waals surface area (Å²) in [7, 11) is 0. The molecule has 2 heterocycles. The van der Waals surface area contributed by atoms with Crippen molar-refractivity contribution in [2.45, 2.75) is 62.6 Å². The van der Waals surface area contributed by atoms with Crippen LogP contribution in [0.3, 0.4) is 0 Å². The van der Waals surface area contributed by atoms with Crippen molar-refractivity contribution >= 4 is 40.5 Å². The number of hydrogen-bond donors (Lipinski definition) is 2. The first kappa shape index (κ1) is 27.0. The molecule has 8 nitrogen and oxygen atoms in total. The van der Waals surface area contributed by atoms with Crippen LogP contribution in [0.15, 0.2) is 54.6 Å². The topological polar surface area (TPSA) is 77.2 Å². The van der Waals surface area contributed by atoms with E-state index in [2.05, 4.69) is 39.8 Å². The van der Waals surface area contributed by atoms with E-state index < -0.39 is 5.54 Å². The van der Waals surface area contributed by atoms with Crippen molar-refractivity contribution in [3.05, 3.63) is 60.2 Å². The molecule has 2 aromatic carbocycles. The number of anilines is 2. The van der Waals surface area contributed by atoms with E-state index >= 15 is 0 Å². The molecule has 4 fully saturated rings. The predicted molar refractivity (Wildman–Crippen MR) is 160 cm³/mol. The minimum atomic E-state index is -0.826. The zero-order chi connectivity index (χ0) is 27.5. The average Bonchev–Trinajstić information content (AvgIpc) is 3.76. The van der Waals surface area contributed by atoms with Crippen LogP contribution in [-0.2, 0) is 14.3 Å². The summed E-state index contributed by atoms with van der Waals surface area (Å²) in [5.74, 6) is -0.0593. The monoisotopic (exact) mass is 561 g/mol. The number of ether oxygens (including phenoxy) is 1. The highest BCUT2D eigenvalue weighted by Gasteiger charge is 2.52. The lowest BCUT2D eigenvalue weighted by molar-refractivity contribution is -0.149. The second-order valence-corrected chi connectivity index (χ2v) is 11.9. The van der Waals surface area contributed by atoms with Gasteiger partial charge in [0.1, 0.15) is 5.54 Å². The Morgan fingerprint density at radius 3 is 2.38 bits per heavy atom. The summed E-state index contributed by atoms with van der Waals surface area (Å²) in [4.78, 5) is 34.4. The fourth-order valence-electron chi connectivity index (χ4n) is 6.50. The Kier molecular flexibility index (Phi) is 7.94. The summed E-state index contributed by atoms with van der Waals surface area (Å²) in [5.41, 5.74) is 2.23. The lowest BCUT2D eigenvalue weighted by Crippen LogP contribution is -2.62. The zero-order valence-corrected chi connectivity index (χ0v) is 23.8. The van der Waals surface area contributed by atoms with Crippen molar-refractivity contribution in [1.82, 2.24) is 15.1 Å². The third kappa shape index (κ3) is 5.67. The number of carbonyl (C=O) groups is 2. The molecule has 2 saturated heterocycles. The molecule has 2 aliphatic carbocycles. The maximum Gasteiger partial charge on any atom is 0.250 e. The quantitative estimate of drug-likeness (QED) is 0.470. The van der Waals surface area contributed by atoms with Crippen LogP contribution in [0.2, 0.25) is 0 Å². The summed E-state index contributed by atoms with van der Waals surface area (Å²) in [6.45, 7) is 4.04. The van der Waals surface area contributed by atoms with Gasteiger partial charge in [-0.05, 0) is 67.7 Å². The summed E-state index contributed by atoms with van der Waals surface area (Å²) in [5, 5.41) is 7.18. The highest BCUT2D eigenvalue weighted by Crippen LogP contribution is 2.42. The van der Waals surface area contributed by atoms with Crippen molar-refractivity contribution in [2.24, 2.45) is 0 Å². The molecule has 1 atom stereocenters. The van der Waals surface area contributed by atoms with E-state index in [9.17, 15) is 9.59 Å². The fraction of sp³-hybridized carbons (Fsp3) is 0.516. The van der Waals surface area contributed by atoms with Crippen LogP contribution >= 0.6 is 12.2 Å². The van der Waals surface area contributed by atoms with Gasteiger partial charge < -0.3 is 30.1 Å². The van der Waals surface area contributed by atoms with E-state index in [-0.39, 0.29) is 30.4 Å². The van der Waals surface area contributed by atoms with Crippen LogP contribution in [0.4, 0.5) is 11.4 Å². The molecule has 2 amide bonds. The molecule has 0 aromatic heterocycles. The summed E-state index contributed by atoms with van der Waals surface area (Å²) >= 11 is 5.64. The Morgan fingerprint density at radius 2 is 1.70 bits per heavy atom. The first-order chi connectivity index (χ1) is 19.5. The van der Waals surface area contributed by atoms with E-state index in [0.717, 1.165) is 75.3 Å². The van der Waals surface area contributed by atoms with Crippen molar-refractivity contribution in [1.29, 1.82) is 0 Å². The van der Waals surface area contributed by atoms with E-state index in [0.29, 0.717) is 24.5 Å². The van der Waals surface area contributed by atoms with Gasteiger partial charge in [-0.25, -0.2) is 0 Å². The zero-order valence-electron chi connectivity index (χ0n) is 23.0. The van der Waals surface area contributed by atoms with Gasteiger partial charge >= 0.3 is 0 Å². The van der Waals surface area contributed by atoms with E-state index in [1.807, 2.05) is 40.1 Å². The minimum absolute atomic E-state index is 0.0000713. The molecule has 4 aliphatic rings. The van der Waals surface area contributed by atoms with Gasteiger partial charge in [-0.1, -0.05) is 49.6 Å². The summed E-state index contributed by atoms with van der Waals surface area (Å²) < 4.78 is 5.47. The Bertz CT molecular complexity index is 1210. The molecule has 6 rings (SSSR count). The van der Waals surface area contributed by atoms with Crippen molar-refractivity contribution < 1.29 is 14.3 Å². The number of nitrogens with one attached hydrogen (secondary N) is 2. The molecule has 0 radical (unpaired) electrons. The molecule has 0 spiro atoms. The number of benzene rings is 2. The standard InChI is InChI=1S/C31H39N5O3S/c37-28(22-35-21-27(33-30(35)40)23-7-3-1-4-8-23)36(26-13-14-26)31(15-5-2-6-16-31)29(38)32-24-9-11-25(12-10-24)34-17-19-39-20-18-34/h1,3-4,7-12,26-27H,2,5-6,13-22H2,(H,32,38)(H,33,40)/t27-/m0/s1. The van der Waals surface area contributed by atoms with Gasteiger partial charge in [0, 0.05) is 37.1 Å². The van der Waals surface area contributed by atoms with E-state index in [1.54, 1.807) is 0 Å². The molecule has 0 unspecified atom stereocenters. The van der Waals surface area contributed by atoms with Crippen LogP contribution in [0.25, 0.3) is 0 Å². The number of rotatable bonds is 8. The lowest BCUT2D eigenvalue weighted by atomic mass is 9.79. The van der Waals surface area contributed by atoms with Crippen LogP contribution in [0.1, 0.15) is 56.6 Å². The highest BCUT2D eigenvalue weighted by molar-refractivity contribution is 7.80. The van der Waals surface area contributed by atoms with Crippen molar-refractivity contribution in [2.75, 3.05) is 49.6 Å². The van der Waals surface area contributed by atoms with Gasteiger partial charge in [-0.2, -0.15) is 0 Å². The number of morpholine rings is 1. The molecule has 2 aromatic rings. The van der Waals surface area contributed by atoms with Crippen LogP contribution in [0, 0.1) is 0 Å². The largest absolute Gasteiger partial charge is 0.378 e. The maximum atomic E-state index is 14.1. The van der Waals surface area contributed by atoms with Gasteiger partial charge in [0.25, 0.3) is 0 Å². The molecule has 2 aliphatic heterocycles. The van der Waals surface area contributed by atoms with Crippen molar-refractivity contribution in [3.8, 4) is 0 Å². The lowest BCUT2D eigenvalue weighted by Gasteiger charge is -2.46. The van der Waals surface area contributed by atoms with Gasteiger partial charge in [-0.15, -0.1) is 0 Å². The van der Waals surface area contributed by atoms with Crippen LogP contribution in [0.5, 0.6) is 0 Å². The number of nitrogens with zero attached hydrogens (tertiary/aromatic N) is 3. The fourth-order valence-corrected chi connectivity index (χ4v) is 6.78. The smallest absolute Gasteiger partial charge is 0.250 e. The number of hydrogen-bond acceptors (Lipinski definition) is 5. The van der Waals surface area contributed by atoms with Gasteiger partial charge in [-0.3, -0.25) is 9.59 Å². The Hall–Kier alpha value is -3.17. The first-order valence-corrected chi connectivity index (χ1v) is 15.1. The molecule has 212 valence electrons. The second-order valence-electron chi connectivity index (χ2n) is 11.5. The Morgan fingerprint density at radius 1 is 1.00 bits per heavy atom. The molecule has 2 N–H and O–H groups in total. The van der Waals surface area contributed by atoms with E-state index in [1.165, 1.54) is 0 Å². The Labute approximate surface area is 242 Å². The van der Waals surface area contributed by atoms with Gasteiger partial charge in [0.15, 0.2) is 5.11 Å². The molecular weight excluding hydrogens is 522 g/mol. The van der Waals surface area contributed by atoms with E-state index in [4.69, 9.17) is 17.0 Å². The molecular formula is C31H39N5O3S. The summed E-state index contributed by atoms with van der Waals surface area (Å²) in [6.07, 6.45) is 6.27. The van der Waals surface area contributed by atoms with Crippen LogP contribution in [-0.4, -0.2) is 77.7 Å². The SMILES string of the molecule is O=C(CN1C[C@@H](c2ccccc2)NC1=S)N(C1CC1)C1(C(=O)Nc2ccc(N3CCOCC3)cc2)CCCCC1. The molecule has 9 heteroatoms. The normalized spacial score (nSPS) is 22.5. The Balaban J connectivity index is 1.17. The predicted octanol–water partition coefficient (Wildman–Crippen LogP) is 4.09. The highest BCUT2D eigenvalue weighted by atomic mass is 32.1. The maximum absolute atomic E-state index is 14.1. The average molecular weight is 562 g/mol.